The second-order valence-corrected chi connectivity index (χ2v) is 4.86. The van der Waals surface area contributed by atoms with Gasteiger partial charge in [0.1, 0.15) is 5.82 Å². The first-order valence-electron chi connectivity index (χ1n) is 5.66. The molecule has 2 amide bonds. The summed E-state index contributed by atoms with van der Waals surface area (Å²) in [5, 5.41) is 5.63. The molecule has 0 spiro atoms. The zero-order valence-corrected chi connectivity index (χ0v) is 10.8. The van der Waals surface area contributed by atoms with Crippen molar-refractivity contribution in [3.05, 3.63) is 35.6 Å². The van der Waals surface area contributed by atoms with Gasteiger partial charge in [0.2, 0.25) is 5.91 Å². The molecule has 1 aromatic rings. The minimum absolute atomic E-state index is 0.143. The van der Waals surface area contributed by atoms with Crippen LogP contribution < -0.4 is 10.6 Å². The molecule has 0 fully saturated rings. The first-order valence-corrected chi connectivity index (χ1v) is 6.64. The lowest BCUT2D eigenvalue weighted by atomic mass is 10.2. The van der Waals surface area contributed by atoms with Crippen molar-refractivity contribution in [1.82, 2.24) is 10.6 Å². The Morgan fingerprint density at radius 1 is 1.32 bits per heavy atom. The maximum atomic E-state index is 12.7. The zero-order chi connectivity index (χ0) is 13.7. The van der Waals surface area contributed by atoms with E-state index in [1.165, 1.54) is 36.0 Å². The van der Waals surface area contributed by atoms with E-state index in [9.17, 15) is 14.0 Å². The van der Waals surface area contributed by atoms with Crippen LogP contribution in [0.2, 0.25) is 0 Å². The van der Waals surface area contributed by atoms with Crippen LogP contribution in [0.5, 0.6) is 0 Å². The highest BCUT2D eigenvalue weighted by Crippen LogP contribution is 2.08. The van der Waals surface area contributed by atoms with Crippen molar-refractivity contribution in [2.75, 3.05) is 18.8 Å². The Balaban J connectivity index is 1.79. The van der Waals surface area contributed by atoms with Gasteiger partial charge < -0.3 is 10.6 Å². The average molecular weight is 281 g/mol. The van der Waals surface area contributed by atoms with Crippen molar-refractivity contribution in [3.63, 3.8) is 0 Å². The van der Waals surface area contributed by atoms with E-state index in [4.69, 9.17) is 0 Å². The monoisotopic (exact) mass is 281 g/mol. The van der Waals surface area contributed by atoms with Crippen molar-refractivity contribution in [3.8, 4) is 0 Å². The molecule has 0 aliphatic carbocycles. The number of benzene rings is 1. The van der Waals surface area contributed by atoms with Crippen LogP contribution in [-0.4, -0.2) is 35.8 Å². The van der Waals surface area contributed by atoms with E-state index in [0.717, 1.165) is 5.75 Å². The minimum atomic E-state index is -0.420. The average Bonchev–Trinajstić information content (AvgIpc) is 2.89. The molecule has 0 saturated heterocycles. The summed E-state index contributed by atoms with van der Waals surface area (Å²) in [7, 11) is 0. The number of amidine groups is 1. The fourth-order valence-corrected chi connectivity index (χ4v) is 2.18. The molecule has 7 heteroatoms. The Kier molecular flexibility index (Phi) is 4.51. The molecule has 1 aliphatic heterocycles. The number of carbonyl (C=O) groups excluding carboxylic acids is 2. The van der Waals surface area contributed by atoms with Gasteiger partial charge in [0.15, 0.2) is 5.17 Å². The predicted octanol–water partition coefficient (Wildman–Crippen LogP) is 0.775. The van der Waals surface area contributed by atoms with Crippen LogP contribution in [0.1, 0.15) is 10.4 Å². The van der Waals surface area contributed by atoms with Crippen LogP contribution in [-0.2, 0) is 4.79 Å². The fourth-order valence-electron chi connectivity index (χ4n) is 1.44. The van der Waals surface area contributed by atoms with Gasteiger partial charge in [-0.1, -0.05) is 11.8 Å². The molecule has 0 radical (unpaired) electrons. The van der Waals surface area contributed by atoms with E-state index >= 15 is 0 Å². The molecule has 0 saturated carbocycles. The highest BCUT2D eigenvalue weighted by atomic mass is 32.2. The highest BCUT2D eigenvalue weighted by molar-refractivity contribution is 8.14. The summed E-state index contributed by atoms with van der Waals surface area (Å²) in [6.07, 6.45) is 0. The molecule has 100 valence electrons. The molecular formula is C12H12FN3O2S. The molecule has 0 bridgehead atoms. The molecule has 1 heterocycles. The summed E-state index contributed by atoms with van der Waals surface area (Å²) >= 11 is 1.47. The van der Waals surface area contributed by atoms with Crippen LogP contribution in [0.3, 0.4) is 0 Å². The number of hydrogen-bond acceptors (Lipinski definition) is 4. The Labute approximate surface area is 113 Å². The number of hydrogen-bond donors (Lipinski definition) is 2. The Morgan fingerprint density at radius 2 is 2.05 bits per heavy atom. The molecule has 1 aliphatic rings. The SMILES string of the molecule is O=C(CNC(=O)c1ccc(F)cc1)NC1=NCCS1. The molecule has 1 aromatic carbocycles. The van der Waals surface area contributed by atoms with E-state index in [1.54, 1.807) is 0 Å². The van der Waals surface area contributed by atoms with Gasteiger partial charge in [-0.05, 0) is 24.3 Å². The lowest BCUT2D eigenvalue weighted by Gasteiger charge is -2.06. The van der Waals surface area contributed by atoms with Crippen molar-refractivity contribution >= 4 is 28.7 Å². The number of rotatable bonds is 3. The number of nitrogens with one attached hydrogen (secondary N) is 2. The third-order valence-electron chi connectivity index (χ3n) is 2.35. The van der Waals surface area contributed by atoms with E-state index in [2.05, 4.69) is 15.6 Å². The van der Waals surface area contributed by atoms with Crippen molar-refractivity contribution < 1.29 is 14.0 Å². The van der Waals surface area contributed by atoms with Gasteiger partial charge in [0.05, 0.1) is 13.1 Å². The highest BCUT2D eigenvalue weighted by Gasteiger charge is 2.12. The van der Waals surface area contributed by atoms with E-state index in [-0.39, 0.29) is 12.5 Å². The Hall–Kier alpha value is -1.89. The topological polar surface area (TPSA) is 70.6 Å². The van der Waals surface area contributed by atoms with Crippen LogP contribution in [0.4, 0.5) is 4.39 Å². The van der Waals surface area contributed by atoms with Crippen LogP contribution >= 0.6 is 11.8 Å². The van der Waals surface area contributed by atoms with Crippen molar-refractivity contribution in [2.24, 2.45) is 4.99 Å². The van der Waals surface area contributed by atoms with Gasteiger partial charge in [0, 0.05) is 11.3 Å². The summed E-state index contributed by atoms with van der Waals surface area (Å²) in [4.78, 5) is 27.2. The standard InChI is InChI=1S/C12H12FN3O2S/c13-9-3-1-8(2-4-9)11(18)15-7-10(17)16-12-14-5-6-19-12/h1-4H,5-7H2,(H,15,18)(H,14,16,17). The van der Waals surface area contributed by atoms with E-state index < -0.39 is 11.7 Å². The second-order valence-electron chi connectivity index (χ2n) is 3.77. The lowest BCUT2D eigenvalue weighted by molar-refractivity contribution is -0.118. The number of aliphatic imine (C=N–C) groups is 1. The number of halogens is 1. The third-order valence-corrected chi connectivity index (χ3v) is 3.24. The van der Waals surface area contributed by atoms with Gasteiger partial charge in [-0.25, -0.2) is 4.39 Å². The fraction of sp³-hybridized carbons (Fsp3) is 0.250. The van der Waals surface area contributed by atoms with Crippen LogP contribution in [0.25, 0.3) is 0 Å². The molecule has 2 N–H and O–H groups in total. The normalized spacial score (nSPS) is 13.8. The predicted molar refractivity (Wildman–Crippen MR) is 71.6 cm³/mol. The minimum Gasteiger partial charge on any atom is -0.343 e. The summed E-state index contributed by atoms with van der Waals surface area (Å²) in [6, 6.07) is 5.11. The maximum absolute atomic E-state index is 12.7. The first-order chi connectivity index (χ1) is 9.15. The van der Waals surface area contributed by atoms with Gasteiger partial charge in [-0.15, -0.1) is 0 Å². The summed E-state index contributed by atoms with van der Waals surface area (Å²) < 4.78 is 12.7. The van der Waals surface area contributed by atoms with Crippen LogP contribution in [0.15, 0.2) is 29.3 Å². The van der Waals surface area contributed by atoms with Crippen molar-refractivity contribution in [2.45, 2.75) is 0 Å². The number of nitrogens with zero attached hydrogens (tertiary/aromatic N) is 1. The number of amides is 2. The second kappa shape index (κ2) is 6.33. The lowest BCUT2D eigenvalue weighted by Crippen LogP contribution is -2.38. The molecule has 0 aromatic heterocycles. The van der Waals surface area contributed by atoms with E-state index in [1.807, 2.05) is 0 Å². The quantitative estimate of drug-likeness (QED) is 0.860. The molecule has 0 atom stereocenters. The molecule has 19 heavy (non-hydrogen) atoms. The molecule has 2 rings (SSSR count). The Morgan fingerprint density at radius 3 is 2.68 bits per heavy atom. The number of thioether (sulfide) groups is 1. The first kappa shape index (κ1) is 13.5. The molecular weight excluding hydrogens is 269 g/mol. The van der Waals surface area contributed by atoms with Gasteiger partial charge in [-0.2, -0.15) is 0 Å². The van der Waals surface area contributed by atoms with Gasteiger partial charge >= 0.3 is 0 Å². The van der Waals surface area contributed by atoms with Crippen molar-refractivity contribution in [1.29, 1.82) is 0 Å². The molecule has 5 nitrogen and oxygen atoms in total. The maximum Gasteiger partial charge on any atom is 0.251 e. The smallest absolute Gasteiger partial charge is 0.251 e. The molecule has 0 unspecified atom stereocenters. The van der Waals surface area contributed by atoms with Gasteiger partial charge in [-0.3, -0.25) is 14.6 Å². The Bertz CT molecular complexity index is 516. The largest absolute Gasteiger partial charge is 0.343 e. The number of carbonyl (C=O) groups is 2. The summed E-state index contributed by atoms with van der Waals surface area (Å²) in [5.74, 6) is -0.303. The zero-order valence-electron chi connectivity index (χ0n) is 9.98. The summed E-state index contributed by atoms with van der Waals surface area (Å²) in [5.41, 5.74) is 0.307. The van der Waals surface area contributed by atoms with Crippen LogP contribution in [0, 0.1) is 5.82 Å². The van der Waals surface area contributed by atoms with E-state index in [0.29, 0.717) is 17.3 Å². The third kappa shape index (κ3) is 4.06. The summed E-state index contributed by atoms with van der Waals surface area (Å²) in [6.45, 7) is 0.554. The van der Waals surface area contributed by atoms with Gasteiger partial charge in [0.25, 0.3) is 5.91 Å².